The van der Waals surface area contributed by atoms with Crippen LogP contribution in [0.15, 0.2) is 46.9 Å². The topological polar surface area (TPSA) is 72.9 Å². The van der Waals surface area contributed by atoms with Gasteiger partial charge in [0.2, 0.25) is 5.89 Å². The summed E-state index contributed by atoms with van der Waals surface area (Å²) in [6.45, 7) is 12.6. The Bertz CT molecular complexity index is 1230. The van der Waals surface area contributed by atoms with Crippen LogP contribution in [-0.4, -0.2) is 43.2 Å². The van der Waals surface area contributed by atoms with E-state index >= 15 is 0 Å². The fraction of sp³-hybridized carbons (Fsp3) is 0.462. The second-order valence-corrected chi connectivity index (χ2v) is 10.2. The zero-order chi connectivity index (χ0) is 23.2. The maximum atomic E-state index is 6.26. The second kappa shape index (κ2) is 8.37. The van der Waals surface area contributed by atoms with Gasteiger partial charge in [0.05, 0.1) is 5.54 Å². The van der Waals surface area contributed by atoms with E-state index in [1.165, 1.54) is 16.7 Å². The quantitative estimate of drug-likeness (QED) is 0.433. The molecule has 2 aromatic heterocycles. The number of rotatable bonds is 4. The van der Waals surface area contributed by atoms with Gasteiger partial charge in [-0.05, 0) is 100 Å². The van der Waals surface area contributed by atoms with Crippen LogP contribution in [0, 0.1) is 13.8 Å². The van der Waals surface area contributed by atoms with E-state index in [0.29, 0.717) is 11.8 Å². The van der Waals surface area contributed by atoms with Crippen LogP contribution in [0.5, 0.6) is 0 Å². The molecule has 1 saturated heterocycles. The average molecular weight is 445 g/mol. The van der Waals surface area contributed by atoms with Crippen molar-refractivity contribution in [2.24, 2.45) is 0 Å². The predicted octanol–water partition coefficient (Wildman–Crippen LogP) is 5.16. The van der Waals surface area contributed by atoms with Crippen LogP contribution in [0.25, 0.3) is 11.1 Å². The zero-order valence-corrected chi connectivity index (χ0v) is 20.1. The number of tetrazole rings is 1. The first-order chi connectivity index (χ1) is 15.8. The lowest BCUT2D eigenvalue weighted by atomic mass is 9.85. The molecule has 33 heavy (non-hydrogen) atoms. The third-order valence-electron chi connectivity index (χ3n) is 6.69. The number of aryl methyl sites for hydroxylation is 2. The van der Waals surface area contributed by atoms with E-state index in [4.69, 9.17) is 9.40 Å². The van der Waals surface area contributed by atoms with E-state index in [1.54, 1.807) is 0 Å². The van der Waals surface area contributed by atoms with Crippen LogP contribution in [0.4, 0.5) is 0 Å². The van der Waals surface area contributed by atoms with Gasteiger partial charge in [-0.15, -0.1) is 5.10 Å². The molecule has 1 aliphatic heterocycles. The van der Waals surface area contributed by atoms with Crippen LogP contribution in [0.1, 0.15) is 74.0 Å². The average Bonchev–Trinajstić information content (AvgIpc) is 3.43. The minimum Gasteiger partial charge on any atom is -0.438 e. The molecule has 4 aromatic rings. The fourth-order valence-corrected chi connectivity index (χ4v) is 4.95. The van der Waals surface area contributed by atoms with Gasteiger partial charge in [-0.25, -0.2) is 9.67 Å². The molecular weight excluding hydrogens is 412 g/mol. The fourth-order valence-electron chi connectivity index (χ4n) is 4.95. The lowest BCUT2D eigenvalue weighted by Gasteiger charge is -2.37. The van der Waals surface area contributed by atoms with E-state index in [9.17, 15) is 0 Å². The number of oxazole rings is 1. The van der Waals surface area contributed by atoms with Gasteiger partial charge in [0, 0.05) is 0 Å². The van der Waals surface area contributed by atoms with Crippen LogP contribution in [0.2, 0.25) is 0 Å². The Morgan fingerprint density at radius 1 is 1.03 bits per heavy atom. The highest BCUT2D eigenvalue weighted by atomic mass is 16.3. The molecule has 5 rings (SSSR count). The lowest BCUT2D eigenvalue weighted by Crippen LogP contribution is -2.39. The molecule has 0 N–H and O–H groups in total. The predicted molar refractivity (Wildman–Crippen MR) is 128 cm³/mol. The first-order valence-corrected chi connectivity index (χ1v) is 11.8. The number of piperidine rings is 1. The third-order valence-corrected chi connectivity index (χ3v) is 6.69. The molecule has 0 saturated carbocycles. The summed E-state index contributed by atoms with van der Waals surface area (Å²) in [7, 11) is 0. The van der Waals surface area contributed by atoms with Crippen LogP contribution < -0.4 is 0 Å². The van der Waals surface area contributed by atoms with Crippen molar-refractivity contribution < 1.29 is 4.42 Å². The number of benzene rings is 2. The molecule has 0 bridgehead atoms. The molecule has 0 radical (unpaired) electrons. The summed E-state index contributed by atoms with van der Waals surface area (Å²) < 4.78 is 8.17. The van der Waals surface area contributed by atoms with Gasteiger partial charge in [-0.2, -0.15) is 0 Å². The smallest absolute Gasteiger partial charge is 0.220 e. The summed E-state index contributed by atoms with van der Waals surface area (Å²) in [5.41, 5.74) is 5.58. The number of hydrogen-bond acceptors (Lipinski definition) is 6. The van der Waals surface area contributed by atoms with Crippen molar-refractivity contribution in [1.29, 1.82) is 0 Å². The molecule has 1 unspecified atom stereocenters. The lowest BCUT2D eigenvalue weighted by molar-refractivity contribution is 0.142. The standard InChI is InChI=1S/C26H32N6O/c1-17-10-11-18(2)20(16-17)19-12-14-31(15-13-19)23(24-28-29-30-32(24)26(3,4)5)25-27-21-8-6-7-9-22(21)33-25/h6-11,16,19,23H,12-15H2,1-5H3. The molecule has 0 aliphatic carbocycles. The molecule has 0 amide bonds. The van der Waals surface area contributed by atoms with Crippen molar-refractivity contribution in [3.8, 4) is 0 Å². The van der Waals surface area contributed by atoms with E-state index in [-0.39, 0.29) is 11.6 Å². The summed E-state index contributed by atoms with van der Waals surface area (Å²) in [5, 5.41) is 12.8. The number of likely N-dealkylation sites (tertiary alicyclic amines) is 1. The molecular formula is C26H32N6O. The number of aromatic nitrogens is 5. The summed E-state index contributed by atoms with van der Waals surface area (Å²) in [6, 6.07) is 14.5. The molecule has 0 spiro atoms. The molecule has 7 heteroatoms. The highest BCUT2D eigenvalue weighted by Gasteiger charge is 2.37. The third kappa shape index (κ3) is 4.17. The first kappa shape index (κ1) is 21.8. The number of fused-ring (bicyclic) bond motifs is 1. The zero-order valence-electron chi connectivity index (χ0n) is 20.1. The highest BCUT2D eigenvalue weighted by Crippen LogP contribution is 2.37. The van der Waals surface area contributed by atoms with Crippen LogP contribution in [-0.2, 0) is 5.54 Å². The van der Waals surface area contributed by atoms with E-state index in [0.717, 1.165) is 42.9 Å². The number of para-hydroxylation sites is 2. The Morgan fingerprint density at radius 2 is 1.79 bits per heavy atom. The summed E-state index contributed by atoms with van der Waals surface area (Å²) >= 11 is 0. The van der Waals surface area contributed by atoms with Gasteiger partial charge in [-0.1, -0.05) is 35.9 Å². The van der Waals surface area contributed by atoms with Crippen molar-refractivity contribution in [3.63, 3.8) is 0 Å². The van der Waals surface area contributed by atoms with Crippen molar-refractivity contribution in [2.45, 2.75) is 65.0 Å². The van der Waals surface area contributed by atoms with E-state index in [1.807, 2.05) is 28.9 Å². The van der Waals surface area contributed by atoms with Crippen molar-refractivity contribution in [3.05, 3.63) is 70.9 Å². The summed E-state index contributed by atoms with van der Waals surface area (Å²) in [5.74, 6) is 1.99. The highest BCUT2D eigenvalue weighted by molar-refractivity contribution is 5.72. The molecule has 7 nitrogen and oxygen atoms in total. The van der Waals surface area contributed by atoms with E-state index < -0.39 is 0 Å². The number of nitrogens with zero attached hydrogens (tertiary/aromatic N) is 6. The SMILES string of the molecule is Cc1ccc(C)c(C2CCN(C(c3nc4ccccc4o3)c3nnnn3C(C)(C)C)CC2)c1. The molecule has 2 aromatic carbocycles. The second-order valence-electron chi connectivity index (χ2n) is 10.2. The summed E-state index contributed by atoms with van der Waals surface area (Å²) in [6.07, 6.45) is 2.16. The van der Waals surface area contributed by atoms with Crippen LogP contribution in [0.3, 0.4) is 0 Å². The Labute approximate surface area is 194 Å². The maximum absolute atomic E-state index is 6.26. The molecule has 172 valence electrons. The largest absolute Gasteiger partial charge is 0.438 e. The molecule has 3 heterocycles. The van der Waals surface area contributed by atoms with Gasteiger partial charge < -0.3 is 4.42 Å². The Balaban J connectivity index is 1.49. The molecule has 1 aliphatic rings. The molecule has 1 atom stereocenters. The Kier molecular flexibility index (Phi) is 5.52. The Morgan fingerprint density at radius 3 is 2.52 bits per heavy atom. The monoisotopic (exact) mass is 444 g/mol. The van der Waals surface area contributed by atoms with Crippen molar-refractivity contribution >= 4 is 11.1 Å². The summed E-state index contributed by atoms with van der Waals surface area (Å²) in [4.78, 5) is 7.28. The van der Waals surface area contributed by atoms with Gasteiger partial charge in [0.25, 0.3) is 0 Å². The van der Waals surface area contributed by atoms with E-state index in [2.05, 4.69) is 73.2 Å². The van der Waals surface area contributed by atoms with Crippen LogP contribution >= 0.6 is 0 Å². The minimum atomic E-state index is -0.250. The first-order valence-electron chi connectivity index (χ1n) is 11.8. The van der Waals surface area contributed by atoms with Crippen molar-refractivity contribution in [2.75, 3.05) is 13.1 Å². The maximum Gasteiger partial charge on any atom is 0.220 e. The number of hydrogen-bond donors (Lipinski definition) is 0. The normalized spacial score (nSPS) is 17.0. The van der Waals surface area contributed by atoms with Gasteiger partial charge >= 0.3 is 0 Å². The Hall–Kier alpha value is -3.06. The van der Waals surface area contributed by atoms with Gasteiger partial charge in [-0.3, -0.25) is 4.90 Å². The molecule has 1 fully saturated rings. The minimum absolute atomic E-state index is 0.230. The van der Waals surface area contributed by atoms with Gasteiger partial charge in [0.15, 0.2) is 11.4 Å². The van der Waals surface area contributed by atoms with Crippen molar-refractivity contribution in [1.82, 2.24) is 30.1 Å². The van der Waals surface area contributed by atoms with Gasteiger partial charge in [0.1, 0.15) is 11.6 Å².